The number of ether oxygens (including phenoxy) is 2. The van der Waals surface area contributed by atoms with Gasteiger partial charge in [0.05, 0.1) is 18.2 Å². The summed E-state index contributed by atoms with van der Waals surface area (Å²) in [7, 11) is 0. The number of carboxylic acids is 1. The van der Waals surface area contributed by atoms with Gasteiger partial charge < -0.3 is 14.6 Å². The molecule has 0 spiro atoms. The lowest BCUT2D eigenvalue weighted by molar-refractivity contribution is -0.131. The summed E-state index contributed by atoms with van der Waals surface area (Å²) in [5.41, 5.74) is 0.726. The molecule has 0 amide bonds. The maximum absolute atomic E-state index is 10.4. The van der Waals surface area contributed by atoms with Crippen LogP contribution >= 0.6 is 11.6 Å². The second kappa shape index (κ2) is 6.59. The smallest absolute Gasteiger partial charge is 0.328 e. The molecule has 2 rings (SSSR count). The summed E-state index contributed by atoms with van der Waals surface area (Å²) in [5.74, 6) is 0.0429. The molecular formula is C14H15ClO4. The van der Waals surface area contributed by atoms with Gasteiger partial charge in [0, 0.05) is 18.6 Å². The van der Waals surface area contributed by atoms with Gasteiger partial charge in [-0.3, -0.25) is 0 Å². The molecule has 0 bridgehead atoms. The van der Waals surface area contributed by atoms with E-state index in [2.05, 4.69) is 0 Å². The molecule has 102 valence electrons. The number of halogens is 1. The highest BCUT2D eigenvalue weighted by Gasteiger charge is 2.16. The Kier molecular flexibility index (Phi) is 4.82. The number of hydrogen-bond donors (Lipinski definition) is 1. The number of hydrogen-bond acceptors (Lipinski definition) is 3. The zero-order valence-corrected chi connectivity index (χ0v) is 11.1. The molecule has 1 aliphatic heterocycles. The van der Waals surface area contributed by atoms with Gasteiger partial charge in [-0.05, 0) is 30.2 Å². The first-order valence-corrected chi connectivity index (χ1v) is 6.44. The van der Waals surface area contributed by atoms with Gasteiger partial charge in [-0.25, -0.2) is 4.79 Å². The van der Waals surface area contributed by atoms with Gasteiger partial charge >= 0.3 is 5.97 Å². The van der Waals surface area contributed by atoms with Crippen molar-refractivity contribution in [3.05, 3.63) is 34.9 Å². The van der Waals surface area contributed by atoms with Crippen LogP contribution in [0.15, 0.2) is 24.3 Å². The van der Waals surface area contributed by atoms with Crippen LogP contribution in [0, 0.1) is 5.92 Å². The predicted octanol–water partition coefficient (Wildman–Crippen LogP) is 2.85. The summed E-state index contributed by atoms with van der Waals surface area (Å²) in [6, 6.07) is 5.20. The van der Waals surface area contributed by atoms with Gasteiger partial charge in [-0.15, -0.1) is 0 Å². The van der Waals surface area contributed by atoms with Crippen molar-refractivity contribution in [2.24, 2.45) is 5.92 Å². The van der Waals surface area contributed by atoms with E-state index in [1.54, 1.807) is 18.2 Å². The Morgan fingerprint density at radius 2 is 2.42 bits per heavy atom. The van der Waals surface area contributed by atoms with E-state index in [0.717, 1.165) is 31.3 Å². The molecule has 1 fully saturated rings. The molecule has 1 unspecified atom stereocenters. The van der Waals surface area contributed by atoms with Gasteiger partial charge in [-0.1, -0.05) is 17.7 Å². The van der Waals surface area contributed by atoms with Gasteiger partial charge in [-0.2, -0.15) is 0 Å². The van der Waals surface area contributed by atoms with Crippen LogP contribution in [0.4, 0.5) is 0 Å². The molecule has 0 aliphatic carbocycles. The third-order valence-corrected chi connectivity index (χ3v) is 3.17. The normalized spacial score (nSPS) is 18.9. The van der Waals surface area contributed by atoms with Crippen molar-refractivity contribution in [3.63, 3.8) is 0 Å². The number of carboxylic acid groups (broad SMARTS) is 1. The molecule has 0 radical (unpaired) electrons. The van der Waals surface area contributed by atoms with Crippen LogP contribution in [0.5, 0.6) is 5.75 Å². The Hall–Kier alpha value is -1.52. The molecule has 0 aromatic heterocycles. The van der Waals surface area contributed by atoms with Crippen LogP contribution in [0.2, 0.25) is 5.02 Å². The van der Waals surface area contributed by atoms with Crippen LogP contribution in [0.25, 0.3) is 6.08 Å². The van der Waals surface area contributed by atoms with E-state index in [0.29, 0.717) is 23.3 Å². The Morgan fingerprint density at radius 3 is 3.05 bits per heavy atom. The topological polar surface area (TPSA) is 55.8 Å². The lowest BCUT2D eigenvalue weighted by Gasteiger charge is -2.11. The quantitative estimate of drug-likeness (QED) is 0.844. The van der Waals surface area contributed by atoms with Crippen LogP contribution in [-0.2, 0) is 9.53 Å². The number of aliphatic carboxylic acids is 1. The Morgan fingerprint density at radius 1 is 1.58 bits per heavy atom. The molecular weight excluding hydrogens is 268 g/mol. The molecule has 1 heterocycles. The third kappa shape index (κ3) is 4.26. The van der Waals surface area contributed by atoms with E-state index in [-0.39, 0.29) is 0 Å². The fourth-order valence-electron chi connectivity index (χ4n) is 1.83. The molecule has 5 heteroatoms. The molecule has 1 aromatic rings. The Labute approximate surface area is 116 Å². The molecule has 19 heavy (non-hydrogen) atoms. The van der Waals surface area contributed by atoms with Gasteiger partial charge in [0.25, 0.3) is 0 Å². The van der Waals surface area contributed by atoms with E-state index < -0.39 is 5.97 Å². The lowest BCUT2D eigenvalue weighted by atomic mass is 10.1. The van der Waals surface area contributed by atoms with Crippen molar-refractivity contribution in [2.75, 3.05) is 19.8 Å². The summed E-state index contributed by atoms with van der Waals surface area (Å²) >= 11 is 6.09. The summed E-state index contributed by atoms with van der Waals surface area (Å²) in [6.07, 6.45) is 3.57. The van der Waals surface area contributed by atoms with Crippen LogP contribution < -0.4 is 4.74 Å². The summed E-state index contributed by atoms with van der Waals surface area (Å²) in [5, 5.41) is 9.03. The van der Waals surface area contributed by atoms with Gasteiger partial charge in [0.2, 0.25) is 0 Å². The highest BCUT2D eigenvalue weighted by Crippen LogP contribution is 2.27. The van der Waals surface area contributed by atoms with Crippen LogP contribution in [0.3, 0.4) is 0 Å². The second-order valence-corrected chi connectivity index (χ2v) is 4.81. The predicted molar refractivity (Wildman–Crippen MR) is 72.5 cm³/mol. The summed E-state index contributed by atoms with van der Waals surface area (Å²) in [6.45, 7) is 2.11. The maximum Gasteiger partial charge on any atom is 0.328 e. The molecule has 4 nitrogen and oxygen atoms in total. The SMILES string of the molecule is O=C(O)C=Cc1ccc(OCC2CCOC2)c(Cl)c1. The van der Waals surface area contributed by atoms with Crippen molar-refractivity contribution < 1.29 is 19.4 Å². The molecule has 1 N–H and O–H groups in total. The molecule has 1 aromatic carbocycles. The fraction of sp³-hybridized carbons (Fsp3) is 0.357. The summed E-state index contributed by atoms with van der Waals surface area (Å²) < 4.78 is 10.9. The zero-order chi connectivity index (χ0) is 13.7. The van der Waals surface area contributed by atoms with Crippen molar-refractivity contribution in [1.29, 1.82) is 0 Å². The second-order valence-electron chi connectivity index (χ2n) is 4.40. The average Bonchev–Trinajstić information content (AvgIpc) is 2.88. The third-order valence-electron chi connectivity index (χ3n) is 2.87. The van der Waals surface area contributed by atoms with E-state index in [1.807, 2.05) is 0 Å². The largest absolute Gasteiger partial charge is 0.492 e. The first-order chi connectivity index (χ1) is 9.15. The fourth-order valence-corrected chi connectivity index (χ4v) is 2.07. The molecule has 1 atom stereocenters. The van der Waals surface area contributed by atoms with Gasteiger partial charge in [0.15, 0.2) is 0 Å². The maximum atomic E-state index is 10.4. The molecule has 1 saturated heterocycles. The first-order valence-electron chi connectivity index (χ1n) is 6.06. The van der Waals surface area contributed by atoms with E-state index in [9.17, 15) is 4.79 Å². The first kappa shape index (κ1) is 13.9. The van der Waals surface area contributed by atoms with Crippen molar-refractivity contribution in [1.82, 2.24) is 0 Å². The number of rotatable bonds is 5. The standard InChI is InChI=1S/C14H15ClO4/c15-12-7-10(2-4-14(16)17)1-3-13(12)19-9-11-5-6-18-8-11/h1-4,7,11H,5-6,8-9H2,(H,16,17). The van der Waals surface area contributed by atoms with Crippen molar-refractivity contribution in [3.8, 4) is 5.75 Å². The van der Waals surface area contributed by atoms with E-state index in [4.69, 9.17) is 26.2 Å². The Bertz CT molecular complexity index is 478. The zero-order valence-electron chi connectivity index (χ0n) is 10.3. The number of carbonyl (C=O) groups is 1. The average molecular weight is 283 g/mol. The lowest BCUT2D eigenvalue weighted by Crippen LogP contribution is -2.11. The van der Waals surface area contributed by atoms with Gasteiger partial charge in [0.1, 0.15) is 5.75 Å². The molecule has 0 saturated carbocycles. The summed E-state index contributed by atoms with van der Waals surface area (Å²) in [4.78, 5) is 10.4. The highest BCUT2D eigenvalue weighted by molar-refractivity contribution is 6.32. The van der Waals surface area contributed by atoms with E-state index in [1.165, 1.54) is 6.08 Å². The van der Waals surface area contributed by atoms with E-state index >= 15 is 0 Å². The minimum atomic E-state index is -0.988. The van der Waals surface area contributed by atoms with Crippen molar-refractivity contribution >= 4 is 23.6 Å². The minimum Gasteiger partial charge on any atom is -0.492 e. The van der Waals surface area contributed by atoms with Crippen LogP contribution in [-0.4, -0.2) is 30.9 Å². The monoisotopic (exact) mass is 282 g/mol. The van der Waals surface area contributed by atoms with Crippen LogP contribution in [0.1, 0.15) is 12.0 Å². The van der Waals surface area contributed by atoms with Crippen molar-refractivity contribution in [2.45, 2.75) is 6.42 Å². The molecule has 1 aliphatic rings. The number of benzene rings is 1. The Balaban J connectivity index is 1.96. The minimum absolute atomic E-state index is 0.419. The highest BCUT2D eigenvalue weighted by atomic mass is 35.5.